The van der Waals surface area contributed by atoms with Crippen molar-refractivity contribution >= 4 is 22.7 Å². The number of rotatable bonds is 1. The highest BCUT2D eigenvalue weighted by Crippen LogP contribution is 2.37. The molecule has 0 amide bonds. The van der Waals surface area contributed by atoms with E-state index in [4.69, 9.17) is 16.0 Å². The molecule has 0 saturated heterocycles. The molecule has 0 radical (unpaired) electrons. The summed E-state index contributed by atoms with van der Waals surface area (Å²) >= 11 is 5.58. The van der Waals surface area contributed by atoms with Gasteiger partial charge >= 0.3 is 6.18 Å². The maximum atomic E-state index is 12.6. The van der Waals surface area contributed by atoms with E-state index in [9.17, 15) is 13.2 Å². The third-order valence-electron chi connectivity index (χ3n) is 2.29. The van der Waals surface area contributed by atoms with Gasteiger partial charge in [0.1, 0.15) is 5.52 Å². The van der Waals surface area contributed by atoms with Crippen LogP contribution in [-0.4, -0.2) is 4.98 Å². The normalized spacial score (nSPS) is 12.6. The van der Waals surface area contributed by atoms with E-state index in [0.29, 0.717) is 11.4 Å². The molecule has 0 aliphatic heterocycles. The fraction of sp³-hybridized carbons (Fsp3) is 0.364. The molecule has 1 aromatic carbocycles. The summed E-state index contributed by atoms with van der Waals surface area (Å²) < 4.78 is 43.0. The van der Waals surface area contributed by atoms with Gasteiger partial charge in [-0.1, -0.05) is 25.4 Å². The molecule has 2 nitrogen and oxygen atoms in total. The van der Waals surface area contributed by atoms with Crippen molar-refractivity contribution < 1.29 is 17.6 Å². The van der Waals surface area contributed by atoms with Gasteiger partial charge in [-0.2, -0.15) is 13.2 Å². The lowest BCUT2D eigenvalue weighted by Crippen LogP contribution is -2.05. The number of benzene rings is 1. The van der Waals surface area contributed by atoms with Crippen molar-refractivity contribution in [2.45, 2.75) is 25.9 Å². The molecule has 0 saturated carbocycles. The van der Waals surface area contributed by atoms with Crippen LogP contribution in [0.5, 0.6) is 0 Å². The van der Waals surface area contributed by atoms with Gasteiger partial charge in [0, 0.05) is 5.92 Å². The predicted molar refractivity (Wildman–Crippen MR) is 58.1 cm³/mol. The molecule has 0 unspecified atom stereocenters. The van der Waals surface area contributed by atoms with Crippen LogP contribution in [0.3, 0.4) is 0 Å². The van der Waals surface area contributed by atoms with Crippen LogP contribution in [0, 0.1) is 0 Å². The van der Waals surface area contributed by atoms with Crippen molar-refractivity contribution in [1.29, 1.82) is 0 Å². The number of oxazole rings is 1. The number of nitrogens with zero attached hydrogens (tertiary/aromatic N) is 1. The lowest BCUT2D eigenvalue weighted by Gasteiger charge is -2.07. The van der Waals surface area contributed by atoms with Crippen LogP contribution in [0.4, 0.5) is 13.2 Å². The molecule has 0 bridgehead atoms. The topological polar surface area (TPSA) is 26.0 Å². The minimum absolute atomic E-state index is 0.00973. The van der Waals surface area contributed by atoms with E-state index in [0.717, 1.165) is 6.07 Å². The fourth-order valence-electron chi connectivity index (χ4n) is 1.43. The Morgan fingerprint density at radius 1 is 1.29 bits per heavy atom. The zero-order chi connectivity index (χ0) is 12.8. The Kier molecular flexibility index (Phi) is 2.81. The Balaban J connectivity index is 2.64. The summed E-state index contributed by atoms with van der Waals surface area (Å²) in [5.41, 5.74) is -0.463. The zero-order valence-corrected chi connectivity index (χ0v) is 9.86. The third-order valence-corrected chi connectivity index (χ3v) is 2.61. The number of alkyl halides is 3. The number of halogens is 4. The summed E-state index contributed by atoms with van der Waals surface area (Å²) in [6.07, 6.45) is -4.49. The Morgan fingerprint density at radius 3 is 2.47 bits per heavy atom. The largest absolute Gasteiger partial charge is 0.440 e. The maximum absolute atomic E-state index is 12.6. The second-order valence-electron chi connectivity index (χ2n) is 4.00. The summed E-state index contributed by atoms with van der Waals surface area (Å²) in [6.45, 7) is 3.69. The summed E-state index contributed by atoms with van der Waals surface area (Å²) in [6, 6.07) is 2.06. The molecule has 0 spiro atoms. The summed E-state index contributed by atoms with van der Waals surface area (Å²) in [5, 5.41) is -0.367. The van der Waals surface area contributed by atoms with Gasteiger partial charge in [-0.3, -0.25) is 0 Å². The monoisotopic (exact) mass is 263 g/mol. The van der Waals surface area contributed by atoms with Crippen molar-refractivity contribution in [3.8, 4) is 0 Å². The van der Waals surface area contributed by atoms with Crippen LogP contribution >= 0.6 is 11.6 Å². The molecule has 0 aliphatic carbocycles. The van der Waals surface area contributed by atoms with Crippen LogP contribution < -0.4 is 0 Å². The Labute approximate surface area is 100 Å². The number of aromatic nitrogens is 1. The van der Waals surface area contributed by atoms with Gasteiger partial charge in [-0.05, 0) is 12.1 Å². The van der Waals surface area contributed by atoms with Crippen molar-refractivity contribution in [2.24, 2.45) is 0 Å². The maximum Gasteiger partial charge on any atom is 0.417 e. The average Bonchev–Trinajstić information content (AvgIpc) is 2.57. The lowest BCUT2D eigenvalue weighted by atomic mass is 10.2. The molecule has 2 aromatic rings. The Hall–Kier alpha value is -1.23. The van der Waals surface area contributed by atoms with Gasteiger partial charge in [0.15, 0.2) is 11.5 Å². The first kappa shape index (κ1) is 12.2. The van der Waals surface area contributed by atoms with Crippen LogP contribution in [0.2, 0.25) is 5.02 Å². The quantitative estimate of drug-likeness (QED) is 0.750. The summed E-state index contributed by atoms with van der Waals surface area (Å²) in [7, 11) is 0. The van der Waals surface area contributed by atoms with Crippen molar-refractivity contribution in [3.63, 3.8) is 0 Å². The second kappa shape index (κ2) is 3.91. The second-order valence-corrected chi connectivity index (χ2v) is 4.41. The van der Waals surface area contributed by atoms with E-state index < -0.39 is 11.7 Å². The molecule has 6 heteroatoms. The molecule has 0 atom stereocenters. The van der Waals surface area contributed by atoms with Crippen LogP contribution in [-0.2, 0) is 6.18 Å². The van der Waals surface area contributed by atoms with Crippen LogP contribution in [0.15, 0.2) is 16.5 Å². The average molecular weight is 264 g/mol. The molecule has 17 heavy (non-hydrogen) atoms. The van der Waals surface area contributed by atoms with E-state index in [1.807, 2.05) is 13.8 Å². The SMILES string of the molecule is CC(C)c1nc2cc(Cl)c(C(F)(F)F)cc2o1. The lowest BCUT2D eigenvalue weighted by molar-refractivity contribution is -0.137. The first-order valence-electron chi connectivity index (χ1n) is 4.96. The third kappa shape index (κ3) is 2.24. The molecular formula is C11H9ClF3NO. The zero-order valence-electron chi connectivity index (χ0n) is 9.10. The molecule has 0 N–H and O–H groups in total. The number of hydrogen-bond acceptors (Lipinski definition) is 2. The molecule has 2 rings (SSSR count). The first-order valence-corrected chi connectivity index (χ1v) is 5.34. The van der Waals surface area contributed by atoms with Crippen molar-refractivity contribution in [2.75, 3.05) is 0 Å². The Bertz CT molecular complexity index is 560. The molecule has 1 heterocycles. The predicted octanol–water partition coefficient (Wildman–Crippen LogP) is 4.62. The minimum Gasteiger partial charge on any atom is -0.440 e. The number of hydrogen-bond donors (Lipinski definition) is 0. The molecule has 0 aliphatic rings. The standard InChI is InChI=1S/C11H9ClF3NO/c1-5(2)10-16-8-4-7(12)6(11(13,14)15)3-9(8)17-10/h3-5H,1-2H3. The van der Waals surface area contributed by atoms with Gasteiger partial charge < -0.3 is 4.42 Å². The van der Waals surface area contributed by atoms with E-state index in [2.05, 4.69) is 4.98 Å². The van der Waals surface area contributed by atoms with Gasteiger partial charge in [0.2, 0.25) is 0 Å². The van der Waals surface area contributed by atoms with Crippen molar-refractivity contribution in [3.05, 3.63) is 28.6 Å². The molecule has 92 valence electrons. The molecule has 0 fully saturated rings. The van der Waals surface area contributed by atoms with Crippen LogP contribution in [0.1, 0.15) is 31.2 Å². The van der Waals surface area contributed by atoms with E-state index in [1.54, 1.807) is 0 Å². The summed E-state index contributed by atoms with van der Waals surface area (Å²) in [5.74, 6) is 0.408. The van der Waals surface area contributed by atoms with E-state index >= 15 is 0 Å². The number of fused-ring (bicyclic) bond motifs is 1. The van der Waals surface area contributed by atoms with Crippen molar-refractivity contribution in [1.82, 2.24) is 4.98 Å². The first-order chi connectivity index (χ1) is 7.79. The highest BCUT2D eigenvalue weighted by atomic mass is 35.5. The Morgan fingerprint density at radius 2 is 1.94 bits per heavy atom. The highest BCUT2D eigenvalue weighted by Gasteiger charge is 2.34. The highest BCUT2D eigenvalue weighted by molar-refractivity contribution is 6.32. The smallest absolute Gasteiger partial charge is 0.417 e. The van der Waals surface area contributed by atoms with Gasteiger partial charge in [-0.25, -0.2) is 4.98 Å². The fourth-order valence-corrected chi connectivity index (χ4v) is 1.70. The molecular weight excluding hydrogens is 255 g/mol. The van der Waals surface area contributed by atoms with Gasteiger partial charge in [0.25, 0.3) is 0 Å². The van der Waals surface area contributed by atoms with Gasteiger partial charge in [0.05, 0.1) is 10.6 Å². The van der Waals surface area contributed by atoms with E-state index in [-0.39, 0.29) is 16.5 Å². The molecule has 1 aromatic heterocycles. The van der Waals surface area contributed by atoms with Gasteiger partial charge in [-0.15, -0.1) is 0 Å². The van der Waals surface area contributed by atoms with Crippen LogP contribution in [0.25, 0.3) is 11.1 Å². The minimum atomic E-state index is -4.49. The van der Waals surface area contributed by atoms with E-state index in [1.165, 1.54) is 6.07 Å². The summed E-state index contributed by atoms with van der Waals surface area (Å²) in [4.78, 5) is 4.08.